The second kappa shape index (κ2) is 6.04. The highest BCUT2D eigenvalue weighted by Crippen LogP contribution is 2.14. The molecule has 4 N–H and O–H groups in total. The molecule has 0 spiro atoms. The van der Waals surface area contributed by atoms with Crippen LogP contribution in [0.5, 0.6) is 0 Å². The lowest BCUT2D eigenvalue weighted by atomic mass is 10.2. The maximum absolute atomic E-state index is 13.0. The van der Waals surface area contributed by atoms with Crippen LogP contribution in [0.4, 0.5) is 15.8 Å². The molecule has 1 aromatic heterocycles. The van der Waals surface area contributed by atoms with E-state index in [-0.39, 0.29) is 23.7 Å². The van der Waals surface area contributed by atoms with Gasteiger partial charge in [0, 0.05) is 18.8 Å². The summed E-state index contributed by atoms with van der Waals surface area (Å²) in [6.07, 6.45) is 2.92. The zero-order valence-corrected chi connectivity index (χ0v) is 11.3. The third-order valence-electron chi connectivity index (χ3n) is 2.73. The zero-order valence-electron chi connectivity index (χ0n) is 11.3. The number of aromatic nitrogens is 2. The standard InChI is InChI=1S/C13H14FN5O2/c1-16-12(20)7-19-6-9(5-17-19)18-13(21)8-2-3-10(14)11(15)4-8/h2-6H,7,15H2,1H3,(H,16,20)(H,18,21). The molecule has 8 heteroatoms. The van der Waals surface area contributed by atoms with Crippen LogP contribution in [0.25, 0.3) is 0 Å². The topological polar surface area (TPSA) is 102 Å². The number of nitrogens with zero attached hydrogens (tertiary/aromatic N) is 2. The Kier molecular flexibility index (Phi) is 4.17. The van der Waals surface area contributed by atoms with Gasteiger partial charge in [-0.05, 0) is 18.2 Å². The Morgan fingerprint density at radius 1 is 1.43 bits per heavy atom. The highest BCUT2D eigenvalue weighted by atomic mass is 19.1. The van der Waals surface area contributed by atoms with E-state index >= 15 is 0 Å². The van der Waals surface area contributed by atoms with Gasteiger partial charge in [-0.25, -0.2) is 4.39 Å². The van der Waals surface area contributed by atoms with E-state index in [1.807, 2.05) is 0 Å². The van der Waals surface area contributed by atoms with Gasteiger partial charge in [0.2, 0.25) is 5.91 Å². The molecule has 0 atom stereocenters. The normalized spacial score (nSPS) is 10.2. The number of nitrogens with two attached hydrogens (primary N) is 1. The summed E-state index contributed by atoms with van der Waals surface area (Å²) in [4.78, 5) is 23.2. The third kappa shape index (κ3) is 3.56. The van der Waals surface area contributed by atoms with Crippen LogP contribution in [-0.2, 0) is 11.3 Å². The molecule has 0 bridgehead atoms. The molecule has 0 radical (unpaired) electrons. The number of benzene rings is 1. The second-order valence-corrected chi connectivity index (χ2v) is 4.29. The van der Waals surface area contributed by atoms with Gasteiger partial charge in [-0.15, -0.1) is 0 Å². The molecule has 110 valence electrons. The van der Waals surface area contributed by atoms with Crippen molar-refractivity contribution in [2.75, 3.05) is 18.1 Å². The van der Waals surface area contributed by atoms with Gasteiger partial charge in [0.1, 0.15) is 12.4 Å². The number of anilines is 2. The molecular weight excluding hydrogens is 277 g/mol. The quantitative estimate of drug-likeness (QED) is 0.718. The fraction of sp³-hybridized carbons (Fsp3) is 0.154. The van der Waals surface area contributed by atoms with Crippen molar-refractivity contribution in [1.29, 1.82) is 0 Å². The van der Waals surface area contributed by atoms with Crippen LogP contribution in [0.3, 0.4) is 0 Å². The van der Waals surface area contributed by atoms with Gasteiger partial charge < -0.3 is 16.4 Å². The number of carbonyl (C=O) groups excluding carboxylic acids is 2. The van der Waals surface area contributed by atoms with Crippen LogP contribution in [0.2, 0.25) is 0 Å². The van der Waals surface area contributed by atoms with E-state index in [2.05, 4.69) is 15.7 Å². The Morgan fingerprint density at radius 3 is 2.86 bits per heavy atom. The molecule has 0 unspecified atom stereocenters. The number of carbonyl (C=O) groups is 2. The Labute approximate surface area is 119 Å². The first-order valence-corrected chi connectivity index (χ1v) is 6.09. The first-order chi connectivity index (χ1) is 9.99. The van der Waals surface area contributed by atoms with E-state index in [4.69, 9.17) is 5.73 Å². The zero-order chi connectivity index (χ0) is 15.4. The minimum atomic E-state index is -0.579. The van der Waals surface area contributed by atoms with Crippen LogP contribution >= 0.6 is 0 Å². The first kappa shape index (κ1) is 14.5. The lowest BCUT2D eigenvalue weighted by molar-refractivity contribution is -0.121. The maximum atomic E-state index is 13.0. The van der Waals surface area contributed by atoms with Crippen molar-refractivity contribution >= 4 is 23.2 Å². The minimum Gasteiger partial charge on any atom is -0.396 e. The molecule has 0 fully saturated rings. The summed E-state index contributed by atoms with van der Waals surface area (Å²) in [6, 6.07) is 3.70. The van der Waals surface area contributed by atoms with Crippen molar-refractivity contribution in [3.63, 3.8) is 0 Å². The third-order valence-corrected chi connectivity index (χ3v) is 2.73. The molecule has 1 heterocycles. The predicted octanol–water partition coefficient (Wildman–Crippen LogP) is 0.603. The summed E-state index contributed by atoms with van der Waals surface area (Å²) in [6.45, 7) is 0.0515. The largest absolute Gasteiger partial charge is 0.396 e. The van der Waals surface area contributed by atoms with E-state index in [0.29, 0.717) is 5.69 Å². The lowest BCUT2D eigenvalue weighted by Gasteiger charge is -2.04. The number of halogens is 1. The number of amides is 2. The van der Waals surface area contributed by atoms with Gasteiger partial charge in [-0.3, -0.25) is 14.3 Å². The fourth-order valence-electron chi connectivity index (χ4n) is 1.63. The summed E-state index contributed by atoms with van der Waals surface area (Å²) in [5.74, 6) is -1.23. The van der Waals surface area contributed by atoms with E-state index in [0.717, 1.165) is 6.07 Å². The van der Waals surface area contributed by atoms with E-state index in [1.165, 1.54) is 36.3 Å². The Balaban J connectivity index is 2.05. The van der Waals surface area contributed by atoms with Crippen LogP contribution < -0.4 is 16.4 Å². The smallest absolute Gasteiger partial charge is 0.255 e. The Bertz CT molecular complexity index is 683. The highest BCUT2D eigenvalue weighted by Gasteiger charge is 2.10. The van der Waals surface area contributed by atoms with Crippen LogP contribution in [-0.4, -0.2) is 28.6 Å². The molecule has 2 rings (SSSR count). The first-order valence-electron chi connectivity index (χ1n) is 6.09. The molecule has 2 amide bonds. The van der Waals surface area contributed by atoms with Crippen molar-refractivity contribution < 1.29 is 14.0 Å². The van der Waals surface area contributed by atoms with Gasteiger partial charge in [0.15, 0.2) is 0 Å². The summed E-state index contributed by atoms with van der Waals surface area (Å²) in [7, 11) is 1.52. The predicted molar refractivity (Wildman–Crippen MR) is 75.1 cm³/mol. The fourth-order valence-corrected chi connectivity index (χ4v) is 1.63. The molecule has 1 aromatic carbocycles. The SMILES string of the molecule is CNC(=O)Cn1cc(NC(=O)c2ccc(F)c(N)c2)cn1. The van der Waals surface area contributed by atoms with Gasteiger partial charge in [0.05, 0.1) is 17.6 Å². The van der Waals surface area contributed by atoms with Crippen molar-refractivity contribution in [1.82, 2.24) is 15.1 Å². The van der Waals surface area contributed by atoms with Crippen molar-refractivity contribution in [2.45, 2.75) is 6.54 Å². The summed E-state index contributed by atoms with van der Waals surface area (Å²) < 4.78 is 14.4. The highest BCUT2D eigenvalue weighted by molar-refractivity contribution is 6.04. The number of rotatable bonds is 4. The van der Waals surface area contributed by atoms with Crippen LogP contribution in [0.1, 0.15) is 10.4 Å². The summed E-state index contributed by atoms with van der Waals surface area (Å²) >= 11 is 0. The summed E-state index contributed by atoms with van der Waals surface area (Å²) in [5, 5.41) is 8.99. The van der Waals surface area contributed by atoms with Crippen LogP contribution in [0.15, 0.2) is 30.6 Å². The number of nitrogen functional groups attached to an aromatic ring is 1. The molecular formula is C13H14FN5O2. The number of nitrogens with one attached hydrogen (secondary N) is 2. The van der Waals surface area contributed by atoms with E-state index in [9.17, 15) is 14.0 Å². The number of hydrogen-bond acceptors (Lipinski definition) is 4. The van der Waals surface area contributed by atoms with Crippen molar-refractivity contribution in [2.24, 2.45) is 0 Å². The summed E-state index contributed by atoms with van der Waals surface area (Å²) in [5.41, 5.74) is 5.96. The van der Waals surface area contributed by atoms with Crippen LogP contribution in [0, 0.1) is 5.82 Å². The van der Waals surface area contributed by atoms with Gasteiger partial charge in [0.25, 0.3) is 5.91 Å². The average molecular weight is 291 g/mol. The average Bonchev–Trinajstić information content (AvgIpc) is 2.88. The van der Waals surface area contributed by atoms with E-state index in [1.54, 1.807) is 0 Å². The Hall–Kier alpha value is -2.90. The van der Waals surface area contributed by atoms with Gasteiger partial charge in [-0.2, -0.15) is 5.10 Å². The lowest BCUT2D eigenvalue weighted by Crippen LogP contribution is -2.23. The molecule has 0 saturated carbocycles. The monoisotopic (exact) mass is 291 g/mol. The Morgan fingerprint density at radius 2 is 2.19 bits per heavy atom. The van der Waals surface area contributed by atoms with E-state index < -0.39 is 11.7 Å². The second-order valence-electron chi connectivity index (χ2n) is 4.29. The van der Waals surface area contributed by atoms with Gasteiger partial charge >= 0.3 is 0 Å². The molecule has 7 nitrogen and oxygen atoms in total. The molecule has 0 aliphatic heterocycles. The van der Waals surface area contributed by atoms with Crippen molar-refractivity contribution in [3.05, 3.63) is 42.0 Å². The minimum absolute atomic E-state index is 0.0515. The maximum Gasteiger partial charge on any atom is 0.255 e. The molecule has 2 aromatic rings. The molecule has 0 aliphatic carbocycles. The number of hydrogen-bond donors (Lipinski definition) is 3. The van der Waals surface area contributed by atoms with Gasteiger partial charge in [-0.1, -0.05) is 0 Å². The molecule has 0 aliphatic rings. The van der Waals surface area contributed by atoms with Crippen molar-refractivity contribution in [3.8, 4) is 0 Å². The molecule has 0 saturated heterocycles. The molecule has 21 heavy (non-hydrogen) atoms. The number of likely N-dealkylation sites (N-methyl/N-ethyl adjacent to an activating group) is 1.